The minimum atomic E-state index is -1.41. The molecule has 2 aromatic rings. The summed E-state index contributed by atoms with van der Waals surface area (Å²) in [4.78, 5) is 16.9. The van der Waals surface area contributed by atoms with Gasteiger partial charge >= 0.3 is 0 Å². The Morgan fingerprint density at radius 1 is 1.10 bits per heavy atom. The molecule has 1 aliphatic rings. The Morgan fingerprint density at radius 3 is 2.45 bits per heavy atom. The lowest BCUT2D eigenvalue weighted by Gasteiger charge is -2.29. The van der Waals surface area contributed by atoms with Gasteiger partial charge in [0.25, 0.3) is 5.91 Å². The molecule has 4 nitrogen and oxygen atoms in total. The fourth-order valence-electron chi connectivity index (χ4n) is 3.61. The first-order chi connectivity index (χ1) is 13.8. The number of nitrogens with one attached hydrogen (secondary N) is 2. The van der Waals surface area contributed by atoms with Crippen molar-refractivity contribution in [2.75, 3.05) is 11.9 Å². The third kappa shape index (κ3) is 4.83. The predicted molar refractivity (Wildman–Crippen MR) is 107 cm³/mol. The van der Waals surface area contributed by atoms with Gasteiger partial charge in [-0.3, -0.25) is 4.79 Å². The summed E-state index contributed by atoms with van der Waals surface area (Å²) in [6.45, 7) is 3.78. The summed E-state index contributed by atoms with van der Waals surface area (Å²) in [5.41, 5.74) is -0.256. The average Bonchev–Trinajstić information content (AvgIpc) is 2.70. The number of pyridine rings is 1. The van der Waals surface area contributed by atoms with Crippen LogP contribution in [-0.4, -0.2) is 23.5 Å². The zero-order valence-electron chi connectivity index (χ0n) is 16.3. The maximum Gasteiger partial charge on any atom is 0.256 e. The van der Waals surface area contributed by atoms with Crippen LogP contribution in [0.4, 0.5) is 19.0 Å². The third-order valence-electron chi connectivity index (χ3n) is 5.35. The van der Waals surface area contributed by atoms with Gasteiger partial charge in [0.05, 0.1) is 10.6 Å². The van der Waals surface area contributed by atoms with E-state index in [9.17, 15) is 18.0 Å². The molecular formula is C21H23ClF3N3O. The minimum Gasteiger partial charge on any atom is -0.370 e. The molecule has 3 rings (SSSR count). The van der Waals surface area contributed by atoms with Crippen LogP contribution in [-0.2, 0) is 0 Å². The first kappa shape index (κ1) is 21.4. The summed E-state index contributed by atoms with van der Waals surface area (Å²) in [6.07, 6.45) is 3.16. The van der Waals surface area contributed by atoms with Gasteiger partial charge < -0.3 is 10.6 Å². The van der Waals surface area contributed by atoms with Crippen molar-refractivity contribution in [3.63, 3.8) is 0 Å². The van der Waals surface area contributed by atoms with Gasteiger partial charge in [-0.1, -0.05) is 17.7 Å². The molecule has 8 heteroatoms. The Bertz CT molecular complexity index is 885. The van der Waals surface area contributed by atoms with Gasteiger partial charge in [-0.2, -0.15) is 0 Å². The molecule has 1 fully saturated rings. The minimum absolute atomic E-state index is 0.167. The molecule has 156 valence electrons. The lowest BCUT2D eigenvalue weighted by atomic mass is 9.86. The molecule has 2 N–H and O–H groups in total. The van der Waals surface area contributed by atoms with E-state index in [0.29, 0.717) is 18.8 Å². The molecule has 1 aliphatic carbocycles. The van der Waals surface area contributed by atoms with Crippen LogP contribution < -0.4 is 10.6 Å². The second kappa shape index (κ2) is 9.03. The van der Waals surface area contributed by atoms with Crippen molar-refractivity contribution in [1.82, 2.24) is 10.3 Å². The number of halogens is 4. The second-order valence-corrected chi connectivity index (χ2v) is 7.87. The van der Waals surface area contributed by atoms with Gasteiger partial charge in [-0.05, 0) is 57.6 Å². The second-order valence-electron chi connectivity index (χ2n) is 7.49. The molecule has 0 spiro atoms. The van der Waals surface area contributed by atoms with Crippen LogP contribution in [0.3, 0.4) is 0 Å². The number of nitrogens with zero attached hydrogens (tertiary/aromatic N) is 1. The number of hydrogen-bond acceptors (Lipinski definition) is 3. The van der Waals surface area contributed by atoms with Crippen LogP contribution in [0.2, 0.25) is 5.02 Å². The first-order valence-corrected chi connectivity index (χ1v) is 9.96. The highest BCUT2D eigenvalue weighted by molar-refractivity contribution is 6.34. The number of carbonyl (C=O) groups is 1. The van der Waals surface area contributed by atoms with Crippen molar-refractivity contribution in [2.24, 2.45) is 5.92 Å². The number of anilines is 1. The fraction of sp³-hybridized carbons (Fsp3) is 0.429. The molecule has 1 saturated carbocycles. The largest absolute Gasteiger partial charge is 0.370 e. The molecular weight excluding hydrogens is 403 g/mol. The number of carbonyl (C=O) groups excluding carboxylic acids is 1. The Labute approximate surface area is 172 Å². The normalized spacial score (nSPS) is 19.1. The number of amides is 1. The van der Waals surface area contributed by atoms with E-state index in [1.54, 1.807) is 0 Å². The van der Waals surface area contributed by atoms with Crippen molar-refractivity contribution >= 4 is 23.3 Å². The van der Waals surface area contributed by atoms with Crippen molar-refractivity contribution in [1.29, 1.82) is 0 Å². The molecule has 1 aromatic heterocycles. The Hall–Kier alpha value is -2.28. The van der Waals surface area contributed by atoms with Gasteiger partial charge in [-0.15, -0.1) is 0 Å². The predicted octanol–water partition coefficient (Wildman–Crippen LogP) is 5.17. The van der Waals surface area contributed by atoms with Gasteiger partial charge in [0.1, 0.15) is 11.6 Å². The van der Waals surface area contributed by atoms with Crippen molar-refractivity contribution in [3.05, 3.63) is 57.5 Å². The lowest BCUT2D eigenvalue weighted by Crippen LogP contribution is -2.39. The quantitative estimate of drug-likeness (QED) is 0.513. The van der Waals surface area contributed by atoms with E-state index in [4.69, 9.17) is 11.6 Å². The van der Waals surface area contributed by atoms with Gasteiger partial charge in [0.15, 0.2) is 11.6 Å². The van der Waals surface area contributed by atoms with Gasteiger partial charge in [0, 0.05) is 23.8 Å². The zero-order chi connectivity index (χ0) is 21.1. The number of benzene rings is 1. The SMILES string of the molecule is Cc1cccc(NCC2CCC(NC(=O)c3c(F)c(C)c(F)c(F)c3Cl)CC2)n1. The van der Waals surface area contributed by atoms with E-state index in [0.717, 1.165) is 37.8 Å². The van der Waals surface area contributed by atoms with E-state index < -0.39 is 39.5 Å². The molecule has 1 amide bonds. The highest BCUT2D eigenvalue weighted by Crippen LogP contribution is 2.30. The van der Waals surface area contributed by atoms with Gasteiger partial charge in [0.2, 0.25) is 0 Å². The molecule has 1 heterocycles. The van der Waals surface area contributed by atoms with E-state index in [1.165, 1.54) is 0 Å². The first-order valence-electron chi connectivity index (χ1n) is 9.58. The molecule has 0 saturated heterocycles. The highest BCUT2D eigenvalue weighted by atomic mass is 35.5. The van der Waals surface area contributed by atoms with E-state index >= 15 is 0 Å². The van der Waals surface area contributed by atoms with E-state index in [2.05, 4.69) is 15.6 Å². The van der Waals surface area contributed by atoms with Crippen LogP contribution in [0, 0.1) is 37.2 Å². The Kier molecular flexibility index (Phi) is 6.67. The third-order valence-corrected chi connectivity index (χ3v) is 5.71. The van der Waals surface area contributed by atoms with Crippen molar-refractivity contribution in [2.45, 2.75) is 45.6 Å². The molecule has 1 aromatic carbocycles. The molecule has 0 bridgehead atoms. The summed E-state index contributed by atoms with van der Waals surface area (Å²) in [7, 11) is 0. The molecule has 0 aliphatic heterocycles. The topological polar surface area (TPSA) is 54.0 Å². The zero-order valence-corrected chi connectivity index (χ0v) is 17.0. The summed E-state index contributed by atoms with van der Waals surface area (Å²) in [5, 5.41) is 5.21. The summed E-state index contributed by atoms with van der Waals surface area (Å²) < 4.78 is 41.7. The average molecular weight is 426 g/mol. The number of aromatic nitrogens is 1. The molecule has 0 atom stereocenters. The number of aryl methyl sites for hydroxylation is 1. The van der Waals surface area contributed by atoms with Crippen LogP contribution in [0.15, 0.2) is 18.2 Å². The fourth-order valence-corrected chi connectivity index (χ4v) is 3.86. The van der Waals surface area contributed by atoms with Crippen LogP contribution in [0.5, 0.6) is 0 Å². The van der Waals surface area contributed by atoms with Crippen LogP contribution >= 0.6 is 11.6 Å². The van der Waals surface area contributed by atoms with Gasteiger partial charge in [-0.25, -0.2) is 18.2 Å². The van der Waals surface area contributed by atoms with Crippen molar-refractivity contribution < 1.29 is 18.0 Å². The Balaban J connectivity index is 1.55. The maximum atomic E-state index is 14.3. The highest BCUT2D eigenvalue weighted by Gasteiger charge is 2.29. The maximum absolute atomic E-state index is 14.3. The van der Waals surface area contributed by atoms with E-state index in [1.807, 2.05) is 25.1 Å². The molecule has 29 heavy (non-hydrogen) atoms. The number of hydrogen-bond donors (Lipinski definition) is 2. The van der Waals surface area contributed by atoms with Crippen LogP contribution in [0.25, 0.3) is 0 Å². The lowest BCUT2D eigenvalue weighted by molar-refractivity contribution is 0.0918. The van der Waals surface area contributed by atoms with E-state index in [-0.39, 0.29) is 6.04 Å². The molecule has 0 unspecified atom stereocenters. The molecule has 0 radical (unpaired) electrons. The summed E-state index contributed by atoms with van der Waals surface area (Å²) in [6, 6.07) is 5.63. The number of rotatable bonds is 5. The summed E-state index contributed by atoms with van der Waals surface area (Å²) in [5.74, 6) is -3.47. The van der Waals surface area contributed by atoms with Crippen LogP contribution in [0.1, 0.15) is 47.3 Å². The standard InChI is InChI=1S/C21H23ClF3N3O/c1-11-4-3-5-15(27-11)26-10-13-6-8-14(9-7-13)28-21(29)16-17(22)20(25)19(24)12(2)18(16)23/h3-5,13-14H,6-10H2,1-2H3,(H,26,27)(H,28,29). The Morgan fingerprint density at radius 2 is 1.79 bits per heavy atom. The summed E-state index contributed by atoms with van der Waals surface area (Å²) >= 11 is 5.69. The monoisotopic (exact) mass is 425 g/mol. The smallest absolute Gasteiger partial charge is 0.256 e. The van der Waals surface area contributed by atoms with Crippen molar-refractivity contribution in [3.8, 4) is 0 Å².